The minimum Gasteiger partial charge on any atom is -0.493 e. The molecule has 0 aliphatic carbocycles. The Bertz CT molecular complexity index is 604. The van der Waals surface area contributed by atoms with Crippen LogP contribution in [-0.2, 0) is 13.5 Å². The highest BCUT2D eigenvalue weighted by atomic mass is 16.5. The van der Waals surface area contributed by atoms with E-state index >= 15 is 0 Å². The van der Waals surface area contributed by atoms with Gasteiger partial charge in [0.1, 0.15) is 11.9 Å². The van der Waals surface area contributed by atoms with Gasteiger partial charge in [0.25, 0.3) is 0 Å². The Hall–Kier alpha value is -1.81. The van der Waals surface area contributed by atoms with Gasteiger partial charge < -0.3 is 9.84 Å². The highest BCUT2D eigenvalue weighted by molar-refractivity contribution is 5.47. The van der Waals surface area contributed by atoms with Crippen LogP contribution < -0.4 is 4.74 Å². The second-order valence-electron chi connectivity index (χ2n) is 5.03. The van der Waals surface area contributed by atoms with Gasteiger partial charge in [0.2, 0.25) is 0 Å². The van der Waals surface area contributed by atoms with Gasteiger partial charge in [-0.05, 0) is 25.3 Å². The molecule has 0 saturated heterocycles. The van der Waals surface area contributed by atoms with Crippen molar-refractivity contribution in [3.05, 3.63) is 46.8 Å². The van der Waals surface area contributed by atoms with Gasteiger partial charge in [0.05, 0.1) is 12.3 Å². The Kier molecular flexibility index (Phi) is 3.03. The van der Waals surface area contributed by atoms with Gasteiger partial charge in [0, 0.05) is 24.4 Å². The summed E-state index contributed by atoms with van der Waals surface area (Å²) in [5, 5.41) is 14.9. The van der Waals surface area contributed by atoms with E-state index < -0.39 is 6.10 Å². The zero-order valence-corrected chi connectivity index (χ0v) is 11.3. The molecule has 0 spiro atoms. The van der Waals surface area contributed by atoms with Gasteiger partial charge in [-0.3, -0.25) is 4.68 Å². The van der Waals surface area contributed by atoms with Crippen LogP contribution in [0.4, 0.5) is 0 Å². The highest BCUT2D eigenvalue weighted by Crippen LogP contribution is 2.36. The number of fused-ring (bicyclic) bond motifs is 1. The first-order valence-corrected chi connectivity index (χ1v) is 6.59. The average molecular weight is 258 g/mol. The van der Waals surface area contributed by atoms with Crippen molar-refractivity contribution in [3.8, 4) is 5.75 Å². The molecule has 4 nitrogen and oxygen atoms in total. The minimum absolute atomic E-state index is 0.679. The molecule has 0 radical (unpaired) electrons. The van der Waals surface area contributed by atoms with Crippen LogP contribution in [0.1, 0.15) is 34.9 Å². The van der Waals surface area contributed by atoms with Crippen LogP contribution in [0.5, 0.6) is 5.75 Å². The molecule has 1 aromatic carbocycles. The largest absolute Gasteiger partial charge is 0.493 e. The SMILES string of the molecule is Cc1nn(C)cc1C(O)c1cccc2c1OCCC2. The molecule has 3 rings (SSSR count). The van der Waals surface area contributed by atoms with Crippen molar-refractivity contribution >= 4 is 0 Å². The van der Waals surface area contributed by atoms with Crippen molar-refractivity contribution in [1.29, 1.82) is 0 Å². The molecule has 4 heteroatoms. The third-order valence-corrected chi connectivity index (χ3v) is 3.60. The van der Waals surface area contributed by atoms with E-state index in [1.807, 2.05) is 32.3 Å². The number of aromatic nitrogens is 2. The Morgan fingerprint density at radius 1 is 1.37 bits per heavy atom. The quantitative estimate of drug-likeness (QED) is 0.897. The van der Waals surface area contributed by atoms with Gasteiger partial charge in [0.15, 0.2) is 0 Å². The number of hydrogen-bond donors (Lipinski definition) is 1. The summed E-state index contributed by atoms with van der Waals surface area (Å²) in [5.74, 6) is 0.851. The van der Waals surface area contributed by atoms with E-state index in [4.69, 9.17) is 4.74 Å². The van der Waals surface area contributed by atoms with E-state index in [9.17, 15) is 5.11 Å². The predicted molar refractivity (Wildman–Crippen MR) is 72.3 cm³/mol. The number of rotatable bonds is 2. The number of hydrogen-bond acceptors (Lipinski definition) is 3. The maximum atomic E-state index is 10.6. The smallest absolute Gasteiger partial charge is 0.128 e. The van der Waals surface area contributed by atoms with Crippen LogP contribution in [0.25, 0.3) is 0 Å². The summed E-state index contributed by atoms with van der Waals surface area (Å²) in [6.07, 6.45) is 3.24. The zero-order chi connectivity index (χ0) is 13.4. The van der Waals surface area contributed by atoms with Crippen LogP contribution >= 0.6 is 0 Å². The first-order chi connectivity index (χ1) is 9.16. The Labute approximate surface area is 112 Å². The Morgan fingerprint density at radius 3 is 2.95 bits per heavy atom. The first-order valence-electron chi connectivity index (χ1n) is 6.59. The number of benzene rings is 1. The fourth-order valence-electron chi connectivity index (χ4n) is 2.68. The average Bonchev–Trinajstić information content (AvgIpc) is 2.76. The summed E-state index contributed by atoms with van der Waals surface area (Å²) < 4.78 is 7.48. The lowest BCUT2D eigenvalue weighted by Crippen LogP contribution is -2.12. The van der Waals surface area contributed by atoms with Gasteiger partial charge in [-0.25, -0.2) is 0 Å². The number of aliphatic hydroxyl groups excluding tert-OH is 1. The molecule has 100 valence electrons. The van der Waals surface area contributed by atoms with Gasteiger partial charge in [-0.2, -0.15) is 5.10 Å². The number of aliphatic hydroxyl groups is 1. The second-order valence-corrected chi connectivity index (χ2v) is 5.03. The van der Waals surface area contributed by atoms with Crippen molar-refractivity contribution < 1.29 is 9.84 Å². The topological polar surface area (TPSA) is 47.3 Å². The zero-order valence-electron chi connectivity index (χ0n) is 11.3. The maximum absolute atomic E-state index is 10.6. The van der Waals surface area contributed by atoms with Crippen LogP contribution in [0.3, 0.4) is 0 Å². The molecule has 2 aromatic rings. The summed E-state index contributed by atoms with van der Waals surface area (Å²) >= 11 is 0. The molecular weight excluding hydrogens is 240 g/mol. The number of aryl methyl sites for hydroxylation is 3. The molecule has 0 saturated carbocycles. The van der Waals surface area contributed by atoms with Gasteiger partial charge in [-0.1, -0.05) is 18.2 Å². The molecule has 1 aliphatic heterocycles. The van der Waals surface area contributed by atoms with Gasteiger partial charge >= 0.3 is 0 Å². The van der Waals surface area contributed by atoms with Crippen molar-refractivity contribution in [2.75, 3.05) is 6.61 Å². The third kappa shape index (κ3) is 2.12. The lowest BCUT2D eigenvalue weighted by molar-refractivity contribution is 0.206. The minimum atomic E-state index is -0.679. The summed E-state index contributed by atoms with van der Waals surface area (Å²) in [5.41, 5.74) is 3.71. The first kappa shape index (κ1) is 12.2. The molecule has 2 heterocycles. The summed E-state index contributed by atoms with van der Waals surface area (Å²) in [6.45, 7) is 2.64. The Balaban J connectivity index is 2.04. The lowest BCUT2D eigenvalue weighted by atomic mass is 9.96. The molecule has 0 bridgehead atoms. The van der Waals surface area contributed by atoms with E-state index in [1.165, 1.54) is 5.56 Å². The van der Waals surface area contributed by atoms with Crippen molar-refractivity contribution in [3.63, 3.8) is 0 Å². The van der Waals surface area contributed by atoms with E-state index in [0.29, 0.717) is 0 Å². The molecule has 1 atom stereocenters. The molecule has 1 aromatic heterocycles. The maximum Gasteiger partial charge on any atom is 0.128 e. The molecule has 0 amide bonds. The van der Waals surface area contributed by atoms with Crippen LogP contribution in [-0.4, -0.2) is 21.5 Å². The molecular formula is C15H18N2O2. The standard InChI is InChI=1S/C15H18N2O2/c1-10-13(9-17(2)16-10)14(18)12-7-3-5-11-6-4-8-19-15(11)12/h3,5,7,9,14,18H,4,6,8H2,1-2H3. The van der Waals surface area contributed by atoms with Crippen LogP contribution in [0.2, 0.25) is 0 Å². The highest BCUT2D eigenvalue weighted by Gasteiger charge is 2.22. The fraction of sp³-hybridized carbons (Fsp3) is 0.400. The monoisotopic (exact) mass is 258 g/mol. The van der Waals surface area contributed by atoms with E-state index in [2.05, 4.69) is 11.2 Å². The number of nitrogens with zero attached hydrogens (tertiary/aromatic N) is 2. The lowest BCUT2D eigenvalue weighted by Gasteiger charge is -2.22. The summed E-state index contributed by atoms with van der Waals surface area (Å²) in [6, 6.07) is 5.99. The molecule has 1 unspecified atom stereocenters. The third-order valence-electron chi connectivity index (χ3n) is 3.60. The van der Waals surface area contributed by atoms with Crippen molar-refractivity contribution in [2.24, 2.45) is 7.05 Å². The van der Waals surface area contributed by atoms with E-state index in [1.54, 1.807) is 4.68 Å². The van der Waals surface area contributed by atoms with Crippen molar-refractivity contribution in [1.82, 2.24) is 9.78 Å². The van der Waals surface area contributed by atoms with Crippen LogP contribution in [0.15, 0.2) is 24.4 Å². The predicted octanol–water partition coefficient (Wildman–Crippen LogP) is 2.14. The molecule has 1 aliphatic rings. The van der Waals surface area contributed by atoms with Gasteiger partial charge in [-0.15, -0.1) is 0 Å². The van der Waals surface area contributed by atoms with E-state index in [0.717, 1.165) is 42.0 Å². The van der Waals surface area contributed by atoms with Crippen molar-refractivity contribution in [2.45, 2.75) is 25.9 Å². The van der Waals surface area contributed by atoms with Crippen LogP contribution in [0, 0.1) is 6.92 Å². The van der Waals surface area contributed by atoms with E-state index in [-0.39, 0.29) is 0 Å². The molecule has 19 heavy (non-hydrogen) atoms. The number of para-hydroxylation sites is 1. The Morgan fingerprint density at radius 2 is 2.21 bits per heavy atom. The molecule has 0 fully saturated rings. The summed E-state index contributed by atoms with van der Waals surface area (Å²) in [4.78, 5) is 0. The fourth-order valence-corrected chi connectivity index (χ4v) is 2.68. The molecule has 1 N–H and O–H groups in total. The number of ether oxygens (including phenoxy) is 1. The second kappa shape index (κ2) is 4.70. The normalized spacial score (nSPS) is 15.7. The summed E-state index contributed by atoms with van der Waals surface area (Å²) in [7, 11) is 1.86.